The van der Waals surface area contributed by atoms with E-state index >= 15 is 0 Å². The van der Waals surface area contributed by atoms with Gasteiger partial charge in [0.05, 0.1) is 0 Å². The molecule has 0 unspecified atom stereocenters. The van der Waals surface area contributed by atoms with E-state index in [-0.39, 0.29) is 19.2 Å². The van der Waals surface area contributed by atoms with E-state index in [0.717, 1.165) is 11.1 Å². The summed E-state index contributed by atoms with van der Waals surface area (Å²) in [6.45, 7) is 5.28. The number of benzene rings is 2. The number of hydrogen-bond acceptors (Lipinski definition) is 6. The molecule has 2 atom stereocenters. The Hall–Kier alpha value is -3.55. The van der Waals surface area contributed by atoms with Crippen molar-refractivity contribution in [2.75, 3.05) is 6.79 Å². The van der Waals surface area contributed by atoms with Crippen LogP contribution in [0.3, 0.4) is 0 Å². The molecule has 0 aromatic heterocycles. The number of esters is 1. The van der Waals surface area contributed by atoms with Crippen molar-refractivity contribution in [3.8, 4) is 11.5 Å². The largest absolute Gasteiger partial charge is 0.454 e. The molecule has 0 radical (unpaired) electrons. The minimum absolute atomic E-state index is 0.177. The van der Waals surface area contributed by atoms with Gasteiger partial charge in [-0.05, 0) is 50.6 Å². The van der Waals surface area contributed by atoms with Gasteiger partial charge in [-0.2, -0.15) is 0 Å². The van der Waals surface area contributed by atoms with Gasteiger partial charge in [-0.3, -0.25) is 9.59 Å². The fourth-order valence-corrected chi connectivity index (χ4v) is 2.84. The van der Waals surface area contributed by atoms with Crippen LogP contribution in [0.1, 0.15) is 35.3 Å². The highest BCUT2D eigenvalue weighted by Gasteiger charge is 2.23. The number of aryl methyl sites for hydroxylation is 1. The molecule has 0 saturated heterocycles. The van der Waals surface area contributed by atoms with E-state index in [2.05, 4.69) is 10.6 Å². The fraction of sp³-hybridized carbons (Fsp3) is 0.318. The molecule has 30 heavy (non-hydrogen) atoms. The van der Waals surface area contributed by atoms with Crippen molar-refractivity contribution < 1.29 is 28.6 Å². The van der Waals surface area contributed by atoms with Gasteiger partial charge in [-0.1, -0.05) is 23.8 Å². The normalized spacial score (nSPS) is 13.8. The molecule has 2 aromatic rings. The summed E-state index contributed by atoms with van der Waals surface area (Å²) in [5.41, 5.74) is 2.21. The first-order valence-corrected chi connectivity index (χ1v) is 9.58. The minimum Gasteiger partial charge on any atom is -0.454 e. The predicted molar refractivity (Wildman–Crippen MR) is 108 cm³/mol. The molecule has 1 heterocycles. The van der Waals surface area contributed by atoms with Crippen LogP contribution in [0.5, 0.6) is 11.5 Å². The summed E-state index contributed by atoms with van der Waals surface area (Å²) in [6.07, 6.45) is -1.01. The van der Waals surface area contributed by atoms with Crippen LogP contribution >= 0.6 is 0 Å². The summed E-state index contributed by atoms with van der Waals surface area (Å²) in [6, 6.07) is 11.5. The quantitative estimate of drug-likeness (QED) is 0.675. The molecule has 158 valence electrons. The van der Waals surface area contributed by atoms with E-state index in [1.54, 1.807) is 30.3 Å². The van der Waals surface area contributed by atoms with Gasteiger partial charge in [0, 0.05) is 12.1 Å². The van der Waals surface area contributed by atoms with Crippen LogP contribution in [0.15, 0.2) is 42.5 Å². The van der Waals surface area contributed by atoms with Gasteiger partial charge >= 0.3 is 5.97 Å². The van der Waals surface area contributed by atoms with Crippen molar-refractivity contribution in [1.82, 2.24) is 10.6 Å². The van der Waals surface area contributed by atoms with Crippen molar-refractivity contribution in [3.63, 3.8) is 0 Å². The molecular weight excluding hydrogens is 388 g/mol. The molecule has 2 aromatic carbocycles. The van der Waals surface area contributed by atoms with Crippen LogP contribution in [-0.2, 0) is 20.9 Å². The molecule has 8 nitrogen and oxygen atoms in total. The molecule has 0 aliphatic carbocycles. The van der Waals surface area contributed by atoms with Gasteiger partial charge in [0.1, 0.15) is 6.04 Å². The topological polar surface area (TPSA) is 103 Å². The number of carbonyl (C=O) groups is 3. The molecule has 0 fully saturated rings. The first-order chi connectivity index (χ1) is 14.3. The van der Waals surface area contributed by atoms with Crippen LogP contribution in [0.2, 0.25) is 0 Å². The fourth-order valence-electron chi connectivity index (χ4n) is 2.84. The van der Waals surface area contributed by atoms with Gasteiger partial charge in [0.25, 0.3) is 11.8 Å². The zero-order valence-corrected chi connectivity index (χ0v) is 17.1. The second-order valence-corrected chi connectivity index (χ2v) is 7.05. The number of rotatable bonds is 7. The third kappa shape index (κ3) is 5.28. The summed E-state index contributed by atoms with van der Waals surface area (Å²) in [5, 5.41) is 5.29. The average molecular weight is 412 g/mol. The molecule has 2 N–H and O–H groups in total. The summed E-state index contributed by atoms with van der Waals surface area (Å²) in [7, 11) is 0. The summed E-state index contributed by atoms with van der Waals surface area (Å²) < 4.78 is 15.7. The Bertz CT molecular complexity index is 958. The maximum absolute atomic E-state index is 12.3. The summed E-state index contributed by atoms with van der Waals surface area (Å²) in [4.78, 5) is 36.8. The number of nitrogens with one attached hydrogen (secondary N) is 2. The third-order valence-corrected chi connectivity index (χ3v) is 4.55. The highest BCUT2D eigenvalue weighted by atomic mass is 16.7. The molecule has 8 heteroatoms. The average Bonchev–Trinajstić information content (AvgIpc) is 3.19. The van der Waals surface area contributed by atoms with Gasteiger partial charge in [-0.15, -0.1) is 0 Å². The van der Waals surface area contributed by atoms with Gasteiger partial charge < -0.3 is 24.8 Å². The lowest BCUT2D eigenvalue weighted by Crippen LogP contribution is -2.43. The van der Waals surface area contributed by atoms with Crippen LogP contribution in [0.4, 0.5) is 0 Å². The van der Waals surface area contributed by atoms with E-state index < -0.39 is 24.0 Å². The van der Waals surface area contributed by atoms with Crippen LogP contribution < -0.4 is 20.1 Å². The first-order valence-electron chi connectivity index (χ1n) is 9.58. The third-order valence-electron chi connectivity index (χ3n) is 4.55. The van der Waals surface area contributed by atoms with Crippen molar-refractivity contribution in [3.05, 3.63) is 59.2 Å². The van der Waals surface area contributed by atoms with Crippen molar-refractivity contribution >= 4 is 17.8 Å². The number of amides is 2. The summed E-state index contributed by atoms with van der Waals surface area (Å²) >= 11 is 0. The van der Waals surface area contributed by atoms with Gasteiger partial charge in [-0.25, -0.2) is 4.79 Å². The van der Waals surface area contributed by atoms with Crippen molar-refractivity contribution in [1.29, 1.82) is 0 Å². The van der Waals surface area contributed by atoms with E-state index in [4.69, 9.17) is 14.2 Å². The second-order valence-electron chi connectivity index (χ2n) is 7.05. The molecule has 2 amide bonds. The SMILES string of the molecule is Cc1cccc(C(=O)N[C@H](C)C(=O)O[C@@H](C)C(=O)NCc2ccc3c(c2)OCO3)c1. The molecule has 0 bridgehead atoms. The minimum atomic E-state index is -1.01. The monoisotopic (exact) mass is 412 g/mol. The molecule has 0 saturated carbocycles. The van der Waals surface area contributed by atoms with Gasteiger partial charge in [0.2, 0.25) is 6.79 Å². The van der Waals surface area contributed by atoms with Crippen molar-refractivity contribution in [2.45, 2.75) is 39.5 Å². The zero-order chi connectivity index (χ0) is 21.7. The Kier molecular flexibility index (Phi) is 6.56. The lowest BCUT2D eigenvalue weighted by Gasteiger charge is -2.18. The molecule has 1 aliphatic heterocycles. The lowest BCUT2D eigenvalue weighted by atomic mass is 10.1. The number of carbonyl (C=O) groups excluding carboxylic acids is 3. The van der Waals surface area contributed by atoms with Gasteiger partial charge in [0.15, 0.2) is 17.6 Å². The van der Waals surface area contributed by atoms with Crippen LogP contribution in [0, 0.1) is 6.92 Å². The van der Waals surface area contributed by atoms with Crippen molar-refractivity contribution in [2.24, 2.45) is 0 Å². The number of fused-ring (bicyclic) bond motifs is 1. The molecular formula is C22H24N2O6. The predicted octanol–water partition coefficient (Wildman–Crippen LogP) is 2.09. The number of ether oxygens (including phenoxy) is 3. The first kappa shape index (κ1) is 21.2. The highest BCUT2D eigenvalue weighted by Crippen LogP contribution is 2.32. The lowest BCUT2D eigenvalue weighted by molar-refractivity contribution is -0.156. The van der Waals surface area contributed by atoms with E-state index in [0.29, 0.717) is 17.1 Å². The Morgan fingerprint density at radius 1 is 1.07 bits per heavy atom. The Labute approximate surface area is 174 Å². The number of hydrogen-bond donors (Lipinski definition) is 2. The zero-order valence-electron chi connectivity index (χ0n) is 17.1. The summed E-state index contributed by atoms with van der Waals surface area (Å²) in [5.74, 6) is -0.239. The Morgan fingerprint density at radius 3 is 2.60 bits per heavy atom. The smallest absolute Gasteiger partial charge is 0.329 e. The van der Waals surface area contributed by atoms with Crippen LogP contribution in [-0.4, -0.2) is 36.7 Å². The molecule has 0 spiro atoms. The standard InChI is InChI=1S/C22H24N2O6/c1-13-5-4-6-17(9-13)21(26)24-14(2)22(27)30-15(3)20(25)23-11-16-7-8-18-19(10-16)29-12-28-18/h4-10,14-15H,11-12H2,1-3H3,(H,23,25)(H,24,26)/t14-,15+/m1/s1. The van der Waals surface area contributed by atoms with E-state index in [1.165, 1.54) is 13.8 Å². The Balaban J connectivity index is 1.46. The van der Waals surface area contributed by atoms with E-state index in [1.807, 2.05) is 19.1 Å². The Morgan fingerprint density at radius 2 is 1.83 bits per heavy atom. The maximum atomic E-state index is 12.3. The molecule has 1 aliphatic rings. The highest BCUT2D eigenvalue weighted by molar-refractivity contribution is 5.97. The molecule has 3 rings (SSSR count). The maximum Gasteiger partial charge on any atom is 0.329 e. The van der Waals surface area contributed by atoms with Crippen LogP contribution in [0.25, 0.3) is 0 Å². The van der Waals surface area contributed by atoms with E-state index in [9.17, 15) is 14.4 Å². The second kappa shape index (κ2) is 9.30.